The molecular formula is C16H17F2N5O3S. The van der Waals surface area contributed by atoms with Crippen LogP contribution in [0.4, 0.5) is 14.7 Å². The average molecular weight is 397 g/mol. The van der Waals surface area contributed by atoms with E-state index in [1.165, 1.54) is 4.90 Å². The summed E-state index contributed by atoms with van der Waals surface area (Å²) in [5, 5.41) is 0. The fourth-order valence-corrected chi connectivity index (χ4v) is 3.96. The molecule has 0 fully saturated rings. The SMILES string of the molecule is Nc1ncc2c(n1)CN(C(=O)CCNS(=O)(=O)c1c(F)cccc1F)CC2. The van der Waals surface area contributed by atoms with Crippen molar-refractivity contribution >= 4 is 21.9 Å². The highest BCUT2D eigenvalue weighted by Crippen LogP contribution is 2.19. The summed E-state index contributed by atoms with van der Waals surface area (Å²) in [4.78, 5) is 20.8. The molecule has 0 saturated carbocycles. The number of nitrogens with two attached hydrogens (primary N) is 1. The first-order valence-electron chi connectivity index (χ1n) is 8.09. The Morgan fingerprint density at radius 3 is 2.70 bits per heavy atom. The number of anilines is 1. The number of aromatic nitrogens is 2. The third-order valence-electron chi connectivity index (χ3n) is 4.14. The van der Waals surface area contributed by atoms with E-state index in [2.05, 4.69) is 14.7 Å². The molecule has 0 bridgehead atoms. The summed E-state index contributed by atoms with van der Waals surface area (Å²) >= 11 is 0. The van der Waals surface area contributed by atoms with E-state index in [1.54, 1.807) is 6.20 Å². The Bertz CT molecular complexity index is 964. The zero-order chi connectivity index (χ0) is 19.6. The minimum Gasteiger partial charge on any atom is -0.368 e. The number of rotatable bonds is 5. The minimum atomic E-state index is -4.41. The van der Waals surface area contributed by atoms with Crippen LogP contribution in [0.25, 0.3) is 0 Å². The van der Waals surface area contributed by atoms with Crippen molar-refractivity contribution in [2.75, 3.05) is 18.8 Å². The second-order valence-electron chi connectivity index (χ2n) is 5.96. The lowest BCUT2D eigenvalue weighted by molar-refractivity contribution is -0.132. The lowest BCUT2D eigenvalue weighted by atomic mass is 10.1. The summed E-state index contributed by atoms with van der Waals surface area (Å²) in [5.74, 6) is -2.59. The van der Waals surface area contributed by atoms with Gasteiger partial charge in [0.1, 0.15) is 11.6 Å². The molecule has 1 amide bonds. The van der Waals surface area contributed by atoms with Crippen molar-refractivity contribution in [3.8, 4) is 0 Å². The third kappa shape index (κ3) is 4.19. The molecule has 144 valence electrons. The van der Waals surface area contributed by atoms with Crippen LogP contribution in [0.15, 0.2) is 29.3 Å². The van der Waals surface area contributed by atoms with Gasteiger partial charge in [0.25, 0.3) is 0 Å². The van der Waals surface area contributed by atoms with Crippen molar-refractivity contribution in [1.82, 2.24) is 19.6 Å². The van der Waals surface area contributed by atoms with Gasteiger partial charge in [-0.3, -0.25) is 4.79 Å². The van der Waals surface area contributed by atoms with Gasteiger partial charge in [-0.1, -0.05) is 6.07 Å². The summed E-state index contributed by atoms with van der Waals surface area (Å²) in [6.45, 7) is 0.396. The van der Waals surface area contributed by atoms with E-state index in [9.17, 15) is 22.0 Å². The Hall–Kier alpha value is -2.66. The maximum absolute atomic E-state index is 13.6. The summed E-state index contributed by atoms with van der Waals surface area (Å²) < 4.78 is 53.5. The largest absolute Gasteiger partial charge is 0.368 e. The summed E-state index contributed by atoms with van der Waals surface area (Å²) in [7, 11) is -4.41. The van der Waals surface area contributed by atoms with E-state index in [0.29, 0.717) is 18.7 Å². The van der Waals surface area contributed by atoms with E-state index >= 15 is 0 Å². The highest BCUT2D eigenvalue weighted by molar-refractivity contribution is 7.89. The number of carbonyl (C=O) groups is 1. The molecule has 2 heterocycles. The van der Waals surface area contributed by atoms with Crippen molar-refractivity contribution in [3.05, 3.63) is 47.3 Å². The Balaban J connectivity index is 1.60. The summed E-state index contributed by atoms with van der Waals surface area (Å²) in [6.07, 6.45) is 2.02. The van der Waals surface area contributed by atoms with Gasteiger partial charge >= 0.3 is 0 Å². The predicted octanol–water partition coefficient (Wildman–Crippen LogP) is 0.590. The number of fused-ring (bicyclic) bond motifs is 1. The molecule has 8 nitrogen and oxygen atoms in total. The van der Waals surface area contributed by atoms with Gasteiger partial charge in [0, 0.05) is 25.7 Å². The van der Waals surface area contributed by atoms with Gasteiger partial charge in [-0.05, 0) is 24.1 Å². The Labute approximate surface area is 154 Å². The van der Waals surface area contributed by atoms with Crippen molar-refractivity contribution in [1.29, 1.82) is 0 Å². The maximum atomic E-state index is 13.6. The third-order valence-corrected chi connectivity index (χ3v) is 5.65. The molecule has 3 N–H and O–H groups in total. The maximum Gasteiger partial charge on any atom is 0.246 e. The van der Waals surface area contributed by atoms with Crippen molar-refractivity contribution in [3.63, 3.8) is 0 Å². The molecule has 0 radical (unpaired) electrons. The van der Waals surface area contributed by atoms with Gasteiger partial charge in [0.2, 0.25) is 21.9 Å². The normalized spacial score (nSPS) is 14.1. The number of nitrogens with one attached hydrogen (secondary N) is 1. The number of hydrogen-bond donors (Lipinski definition) is 2. The molecule has 0 saturated heterocycles. The second-order valence-corrected chi connectivity index (χ2v) is 7.67. The van der Waals surface area contributed by atoms with Crippen LogP contribution in [0.2, 0.25) is 0 Å². The topological polar surface area (TPSA) is 118 Å². The van der Waals surface area contributed by atoms with Crippen LogP contribution in [0.3, 0.4) is 0 Å². The highest BCUT2D eigenvalue weighted by Gasteiger charge is 2.25. The van der Waals surface area contributed by atoms with Crippen molar-refractivity contribution in [2.24, 2.45) is 0 Å². The minimum absolute atomic E-state index is 0.114. The molecule has 1 aliphatic rings. The molecule has 0 aliphatic carbocycles. The van der Waals surface area contributed by atoms with Crippen molar-refractivity contribution < 1.29 is 22.0 Å². The number of amides is 1. The smallest absolute Gasteiger partial charge is 0.246 e. The monoisotopic (exact) mass is 397 g/mol. The van der Waals surface area contributed by atoms with Crippen LogP contribution in [0, 0.1) is 11.6 Å². The molecule has 1 aliphatic heterocycles. The van der Waals surface area contributed by atoms with E-state index in [4.69, 9.17) is 5.73 Å². The van der Waals surface area contributed by atoms with Crippen LogP contribution in [-0.4, -0.2) is 42.3 Å². The first-order chi connectivity index (χ1) is 12.8. The van der Waals surface area contributed by atoms with E-state index in [0.717, 1.165) is 23.8 Å². The first-order valence-corrected chi connectivity index (χ1v) is 9.58. The molecular weight excluding hydrogens is 380 g/mol. The van der Waals surface area contributed by atoms with Gasteiger partial charge in [-0.15, -0.1) is 0 Å². The summed E-state index contributed by atoms with van der Waals surface area (Å²) in [6, 6.07) is 2.76. The average Bonchev–Trinajstić information content (AvgIpc) is 2.60. The van der Waals surface area contributed by atoms with Crippen LogP contribution in [-0.2, 0) is 27.8 Å². The predicted molar refractivity (Wildman–Crippen MR) is 91.7 cm³/mol. The molecule has 27 heavy (non-hydrogen) atoms. The molecule has 0 atom stereocenters. The fraction of sp³-hybridized carbons (Fsp3) is 0.312. The summed E-state index contributed by atoms with van der Waals surface area (Å²) in [5.41, 5.74) is 7.10. The fourth-order valence-electron chi connectivity index (χ4n) is 2.79. The lowest BCUT2D eigenvalue weighted by Crippen LogP contribution is -2.38. The van der Waals surface area contributed by atoms with Gasteiger partial charge in [-0.25, -0.2) is 31.9 Å². The molecule has 1 aromatic heterocycles. The molecule has 0 spiro atoms. The highest BCUT2D eigenvalue weighted by atomic mass is 32.2. The van der Waals surface area contributed by atoms with Gasteiger partial charge in [0.15, 0.2) is 4.90 Å². The molecule has 11 heteroatoms. The zero-order valence-corrected chi connectivity index (χ0v) is 15.0. The molecule has 0 unspecified atom stereocenters. The molecule has 3 rings (SSSR count). The number of sulfonamides is 1. The number of carbonyl (C=O) groups excluding carboxylic acids is 1. The second kappa shape index (κ2) is 7.53. The standard InChI is InChI=1S/C16H17F2N5O3S/c17-11-2-1-3-12(18)15(11)27(25,26)21-6-4-14(24)23-7-5-10-8-20-16(19)22-13(10)9-23/h1-3,8,21H,4-7,9H2,(H2,19,20,22). The van der Waals surface area contributed by atoms with Gasteiger partial charge in [0.05, 0.1) is 12.2 Å². The van der Waals surface area contributed by atoms with Gasteiger partial charge < -0.3 is 10.6 Å². The zero-order valence-electron chi connectivity index (χ0n) is 14.2. The molecule has 2 aromatic rings. The number of nitrogens with zero attached hydrogens (tertiary/aromatic N) is 3. The number of halogens is 2. The Morgan fingerprint density at radius 2 is 2.00 bits per heavy atom. The quantitative estimate of drug-likeness (QED) is 0.762. The van der Waals surface area contributed by atoms with Crippen LogP contribution in [0.5, 0.6) is 0 Å². The van der Waals surface area contributed by atoms with Gasteiger partial charge in [-0.2, -0.15) is 0 Å². The first kappa shape index (κ1) is 19.1. The van der Waals surface area contributed by atoms with Crippen LogP contribution in [0.1, 0.15) is 17.7 Å². The number of hydrogen-bond acceptors (Lipinski definition) is 6. The Morgan fingerprint density at radius 1 is 1.30 bits per heavy atom. The lowest BCUT2D eigenvalue weighted by Gasteiger charge is -2.28. The Kier molecular flexibility index (Phi) is 5.33. The number of nitrogen functional groups attached to an aromatic ring is 1. The van der Waals surface area contributed by atoms with E-state index in [-0.39, 0.29) is 31.4 Å². The van der Waals surface area contributed by atoms with E-state index < -0.39 is 26.6 Å². The molecule has 1 aromatic carbocycles. The van der Waals surface area contributed by atoms with Crippen molar-refractivity contribution in [2.45, 2.75) is 24.3 Å². The van der Waals surface area contributed by atoms with Crippen LogP contribution < -0.4 is 10.5 Å². The van der Waals surface area contributed by atoms with E-state index in [1.807, 2.05) is 0 Å². The number of benzene rings is 1. The van der Waals surface area contributed by atoms with Crippen LogP contribution >= 0.6 is 0 Å².